The van der Waals surface area contributed by atoms with Crippen molar-refractivity contribution in [2.75, 3.05) is 7.11 Å². The Labute approximate surface area is 95.4 Å². The summed E-state index contributed by atoms with van der Waals surface area (Å²) in [7, 11) is 1.08. The second-order valence-electron chi connectivity index (χ2n) is 2.84. The Morgan fingerprint density at radius 2 is 2.31 bits per heavy atom. The third-order valence-corrected chi connectivity index (χ3v) is 2.30. The van der Waals surface area contributed by atoms with E-state index >= 15 is 0 Å². The van der Waals surface area contributed by atoms with Crippen LogP contribution in [-0.2, 0) is 11.3 Å². The fourth-order valence-electron chi connectivity index (χ4n) is 1.24. The number of pyridine rings is 1. The normalized spacial score (nSPS) is 10.6. The Bertz CT molecular complexity index is 413. The molecule has 1 rings (SSSR count). The number of halogens is 3. The second-order valence-corrected chi connectivity index (χ2v) is 3.25. The summed E-state index contributed by atoms with van der Waals surface area (Å²) in [5.74, 6) is -0.943. The molecule has 88 valence electrons. The van der Waals surface area contributed by atoms with Crippen LogP contribution in [0.5, 0.6) is 0 Å². The van der Waals surface area contributed by atoms with Gasteiger partial charge in [0, 0.05) is 12.7 Å². The van der Waals surface area contributed by atoms with Gasteiger partial charge in [-0.2, -0.15) is 0 Å². The molecule has 0 amide bonds. The summed E-state index contributed by atoms with van der Waals surface area (Å²) in [6, 6.07) is 0. The van der Waals surface area contributed by atoms with E-state index in [4.69, 9.17) is 17.3 Å². The fraction of sp³-hybridized carbons (Fsp3) is 0.333. The second kappa shape index (κ2) is 5.18. The van der Waals surface area contributed by atoms with E-state index < -0.39 is 23.7 Å². The van der Waals surface area contributed by atoms with Gasteiger partial charge in [-0.15, -0.1) is 0 Å². The van der Waals surface area contributed by atoms with Crippen LogP contribution in [0.3, 0.4) is 0 Å². The van der Waals surface area contributed by atoms with Crippen LogP contribution in [-0.4, -0.2) is 18.1 Å². The van der Waals surface area contributed by atoms with Crippen LogP contribution in [0.1, 0.15) is 28.0 Å². The molecule has 7 heteroatoms. The highest BCUT2D eigenvalue weighted by atomic mass is 35.5. The van der Waals surface area contributed by atoms with Crippen molar-refractivity contribution < 1.29 is 18.3 Å². The molecule has 0 bridgehead atoms. The number of methoxy groups -OCH3 is 1. The lowest BCUT2D eigenvalue weighted by molar-refractivity contribution is 0.0581. The minimum absolute atomic E-state index is 0.00505. The van der Waals surface area contributed by atoms with Gasteiger partial charge in [0.05, 0.1) is 17.7 Å². The van der Waals surface area contributed by atoms with Gasteiger partial charge in [-0.1, -0.05) is 11.6 Å². The van der Waals surface area contributed by atoms with E-state index in [9.17, 15) is 13.6 Å². The zero-order chi connectivity index (χ0) is 12.3. The molecular weight excluding hydrogens is 242 g/mol. The zero-order valence-corrected chi connectivity index (χ0v) is 9.09. The molecule has 0 aliphatic carbocycles. The maximum absolute atomic E-state index is 12.8. The highest BCUT2D eigenvalue weighted by molar-refractivity contribution is 6.31. The van der Waals surface area contributed by atoms with Crippen LogP contribution in [0.4, 0.5) is 8.78 Å². The molecule has 0 aromatic carbocycles. The van der Waals surface area contributed by atoms with Gasteiger partial charge in [0.25, 0.3) is 6.43 Å². The summed E-state index contributed by atoms with van der Waals surface area (Å²) in [6.45, 7) is -0.203. The molecule has 2 N–H and O–H groups in total. The molecule has 0 saturated heterocycles. The molecule has 0 saturated carbocycles. The van der Waals surface area contributed by atoms with Crippen LogP contribution in [0.15, 0.2) is 6.20 Å². The number of aromatic nitrogens is 1. The summed E-state index contributed by atoms with van der Waals surface area (Å²) in [5, 5.41) is 0.00505. The Kier molecular flexibility index (Phi) is 4.14. The molecule has 0 fully saturated rings. The SMILES string of the molecule is COC(=O)c1ncc(Cl)c(CN)c1C(F)F. The van der Waals surface area contributed by atoms with Crippen molar-refractivity contribution in [1.29, 1.82) is 0 Å². The van der Waals surface area contributed by atoms with Crippen LogP contribution >= 0.6 is 11.6 Å². The largest absolute Gasteiger partial charge is 0.464 e. The maximum Gasteiger partial charge on any atom is 0.357 e. The molecule has 0 spiro atoms. The number of hydrogen-bond acceptors (Lipinski definition) is 4. The average Bonchev–Trinajstić information content (AvgIpc) is 2.27. The molecular formula is C9H9ClF2N2O2. The third kappa shape index (κ3) is 2.28. The average molecular weight is 251 g/mol. The molecule has 1 heterocycles. The van der Waals surface area contributed by atoms with Crippen molar-refractivity contribution in [2.24, 2.45) is 5.73 Å². The van der Waals surface area contributed by atoms with Gasteiger partial charge < -0.3 is 10.5 Å². The van der Waals surface area contributed by atoms with Gasteiger partial charge in [0.15, 0.2) is 5.69 Å². The van der Waals surface area contributed by atoms with E-state index in [0.717, 1.165) is 13.3 Å². The Balaban J connectivity index is 3.45. The zero-order valence-electron chi connectivity index (χ0n) is 8.34. The monoisotopic (exact) mass is 250 g/mol. The molecule has 0 atom stereocenters. The Morgan fingerprint density at radius 1 is 1.69 bits per heavy atom. The minimum atomic E-state index is -2.89. The number of carbonyl (C=O) groups excluding carboxylic acids is 1. The first-order valence-electron chi connectivity index (χ1n) is 4.26. The van der Waals surface area contributed by atoms with Crippen LogP contribution in [0, 0.1) is 0 Å². The van der Waals surface area contributed by atoms with E-state index in [1.807, 2.05) is 0 Å². The summed E-state index contributed by atoms with van der Waals surface area (Å²) < 4.78 is 29.9. The van der Waals surface area contributed by atoms with Crippen LogP contribution in [0.2, 0.25) is 5.02 Å². The van der Waals surface area contributed by atoms with Gasteiger partial charge in [0.2, 0.25) is 0 Å². The number of ether oxygens (including phenoxy) is 1. The highest BCUT2D eigenvalue weighted by Gasteiger charge is 2.25. The predicted octanol–water partition coefficient (Wildman–Crippen LogP) is 1.92. The van der Waals surface area contributed by atoms with E-state index in [2.05, 4.69) is 9.72 Å². The van der Waals surface area contributed by atoms with E-state index in [0.29, 0.717) is 0 Å². The van der Waals surface area contributed by atoms with Gasteiger partial charge in [0.1, 0.15) is 0 Å². The minimum Gasteiger partial charge on any atom is -0.464 e. The van der Waals surface area contributed by atoms with Gasteiger partial charge in [-0.3, -0.25) is 0 Å². The lowest BCUT2D eigenvalue weighted by Gasteiger charge is -2.12. The van der Waals surface area contributed by atoms with Gasteiger partial charge in [-0.05, 0) is 5.56 Å². The van der Waals surface area contributed by atoms with Crippen molar-refractivity contribution >= 4 is 17.6 Å². The smallest absolute Gasteiger partial charge is 0.357 e. The number of alkyl halides is 2. The molecule has 1 aromatic heterocycles. The summed E-state index contributed by atoms with van der Waals surface area (Å²) >= 11 is 5.67. The first-order chi connectivity index (χ1) is 7.52. The Morgan fingerprint density at radius 3 is 2.75 bits per heavy atom. The molecule has 1 aromatic rings. The lowest BCUT2D eigenvalue weighted by atomic mass is 10.1. The standard InChI is InChI=1S/C9H9ClF2N2O2/c1-16-9(15)7-6(8(11)12)4(2-13)5(10)3-14-7/h3,8H,2,13H2,1H3. The predicted molar refractivity (Wildman–Crippen MR) is 53.4 cm³/mol. The van der Waals surface area contributed by atoms with Crippen molar-refractivity contribution in [3.8, 4) is 0 Å². The van der Waals surface area contributed by atoms with Crippen molar-refractivity contribution in [2.45, 2.75) is 13.0 Å². The van der Waals surface area contributed by atoms with Gasteiger partial charge >= 0.3 is 5.97 Å². The van der Waals surface area contributed by atoms with Crippen molar-refractivity contribution in [3.05, 3.63) is 28.0 Å². The van der Waals surface area contributed by atoms with Crippen LogP contribution < -0.4 is 5.73 Å². The van der Waals surface area contributed by atoms with Crippen molar-refractivity contribution in [1.82, 2.24) is 4.98 Å². The Hall–Kier alpha value is -1.27. The number of nitrogens with zero attached hydrogens (tertiary/aromatic N) is 1. The first kappa shape index (κ1) is 12.8. The van der Waals surface area contributed by atoms with E-state index in [1.165, 1.54) is 0 Å². The highest BCUT2D eigenvalue weighted by Crippen LogP contribution is 2.30. The number of hydrogen-bond donors (Lipinski definition) is 1. The quantitative estimate of drug-likeness (QED) is 0.833. The van der Waals surface area contributed by atoms with Crippen molar-refractivity contribution in [3.63, 3.8) is 0 Å². The molecule has 16 heavy (non-hydrogen) atoms. The molecule has 0 aliphatic heterocycles. The van der Waals surface area contributed by atoms with Crippen LogP contribution in [0.25, 0.3) is 0 Å². The molecule has 0 radical (unpaired) electrons. The van der Waals surface area contributed by atoms with E-state index in [-0.39, 0.29) is 17.1 Å². The maximum atomic E-state index is 12.8. The summed E-state index contributed by atoms with van der Waals surface area (Å²) in [5.41, 5.74) is 4.28. The lowest BCUT2D eigenvalue weighted by Crippen LogP contribution is -2.14. The number of nitrogens with two attached hydrogens (primary N) is 1. The summed E-state index contributed by atoms with van der Waals surface area (Å²) in [6.07, 6.45) is -1.79. The number of esters is 1. The number of rotatable bonds is 3. The van der Waals surface area contributed by atoms with Gasteiger partial charge in [-0.25, -0.2) is 18.6 Å². The topological polar surface area (TPSA) is 65.2 Å². The third-order valence-electron chi connectivity index (χ3n) is 1.98. The number of carbonyl (C=O) groups is 1. The molecule has 0 unspecified atom stereocenters. The first-order valence-corrected chi connectivity index (χ1v) is 4.64. The molecule has 0 aliphatic rings. The molecule has 4 nitrogen and oxygen atoms in total. The fourth-order valence-corrected chi connectivity index (χ4v) is 1.47. The van der Waals surface area contributed by atoms with E-state index in [1.54, 1.807) is 0 Å². The summed E-state index contributed by atoms with van der Waals surface area (Å²) in [4.78, 5) is 14.8.